The smallest absolute Gasteiger partial charge is 0.274 e. The van der Waals surface area contributed by atoms with Crippen molar-refractivity contribution in [3.05, 3.63) is 107 Å². The molecule has 32 heavy (non-hydrogen) atoms. The molecule has 0 saturated heterocycles. The molecule has 3 aromatic rings. The topological polar surface area (TPSA) is 98.7 Å². The largest absolute Gasteiger partial charge is 0.350 e. The van der Waals surface area contributed by atoms with E-state index < -0.39 is 5.91 Å². The number of amides is 3. The fourth-order valence-corrected chi connectivity index (χ4v) is 3.25. The van der Waals surface area contributed by atoms with Crippen molar-refractivity contribution < 1.29 is 19.6 Å². The van der Waals surface area contributed by atoms with E-state index in [9.17, 15) is 14.4 Å². The summed E-state index contributed by atoms with van der Waals surface area (Å²) >= 11 is 0. The summed E-state index contributed by atoms with van der Waals surface area (Å²) in [5.74, 6) is -1.15. The van der Waals surface area contributed by atoms with E-state index in [-0.39, 0.29) is 30.5 Å². The van der Waals surface area contributed by atoms with Gasteiger partial charge < -0.3 is 10.2 Å². The number of nitrogens with zero attached hydrogens (tertiary/aromatic N) is 1. The molecule has 0 aliphatic carbocycles. The average Bonchev–Trinajstić information content (AvgIpc) is 2.83. The van der Waals surface area contributed by atoms with Crippen molar-refractivity contribution in [2.24, 2.45) is 0 Å². The summed E-state index contributed by atoms with van der Waals surface area (Å²) in [6.45, 7) is 2.30. The highest BCUT2D eigenvalue weighted by atomic mass is 16.5. The first-order chi connectivity index (χ1) is 15.5. The van der Waals surface area contributed by atoms with Crippen LogP contribution in [0.1, 0.15) is 37.4 Å². The Labute approximate surface area is 186 Å². The third-order valence-corrected chi connectivity index (χ3v) is 5.02. The molecule has 0 aliphatic heterocycles. The fourth-order valence-electron chi connectivity index (χ4n) is 3.25. The summed E-state index contributed by atoms with van der Waals surface area (Å²) in [6, 6.07) is 23.2. The molecule has 0 fully saturated rings. The number of hydrogen-bond acceptors (Lipinski definition) is 4. The molecule has 0 saturated carbocycles. The number of nitrogens with one attached hydrogen (secondary N) is 2. The summed E-state index contributed by atoms with van der Waals surface area (Å²) in [7, 11) is 0. The van der Waals surface area contributed by atoms with Crippen LogP contribution in [-0.4, -0.2) is 34.4 Å². The van der Waals surface area contributed by atoms with Crippen LogP contribution in [0.15, 0.2) is 78.9 Å². The predicted octanol–water partition coefficient (Wildman–Crippen LogP) is 3.07. The molecule has 7 heteroatoms. The van der Waals surface area contributed by atoms with Gasteiger partial charge in [-0.15, -0.1) is 0 Å². The lowest BCUT2D eigenvalue weighted by Gasteiger charge is -2.23. The van der Waals surface area contributed by atoms with E-state index >= 15 is 0 Å². The van der Waals surface area contributed by atoms with E-state index in [0.717, 1.165) is 16.7 Å². The Bertz CT molecular complexity index is 1080. The molecule has 0 bridgehead atoms. The minimum absolute atomic E-state index is 0.112. The van der Waals surface area contributed by atoms with Gasteiger partial charge >= 0.3 is 0 Å². The van der Waals surface area contributed by atoms with E-state index in [2.05, 4.69) is 5.32 Å². The minimum atomic E-state index is -0.621. The van der Waals surface area contributed by atoms with E-state index in [4.69, 9.17) is 5.21 Å². The van der Waals surface area contributed by atoms with E-state index in [1.807, 2.05) is 49.4 Å². The molecule has 0 spiro atoms. The lowest BCUT2D eigenvalue weighted by atomic mass is 10.1. The molecule has 0 radical (unpaired) electrons. The summed E-state index contributed by atoms with van der Waals surface area (Å²) in [5.41, 5.74) is 4.93. The fraction of sp³-hybridized carbons (Fsp3) is 0.160. The Morgan fingerprint density at radius 2 is 1.50 bits per heavy atom. The maximum absolute atomic E-state index is 13.3. The number of carbonyl (C=O) groups is 3. The van der Waals surface area contributed by atoms with Gasteiger partial charge in [-0.1, -0.05) is 60.7 Å². The van der Waals surface area contributed by atoms with Crippen LogP contribution in [0.25, 0.3) is 0 Å². The zero-order chi connectivity index (χ0) is 22.9. The van der Waals surface area contributed by atoms with Crippen molar-refractivity contribution in [3.63, 3.8) is 0 Å². The van der Waals surface area contributed by atoms with E-state index in [1.165, 1.54) is 4.90 Å². The molecule has 3 N–H and O–H groups in total. The monoisotopic (exact) mass is 431 g/mol. The van der Waals surface area contributed by atoms with Crippen LogP contribution < -0.4 is 10.8 Å². The molecular formula is C25H25N3O4. The van der Waals surface area contributed by atoms with Crippen molar-refractivity contribution in [2.75, 3.05) is 6.54 Å². The van der Waals surface area contributed by atoms with Crippen molar-refractivity contribution in [1.82, 2.24) is 15.7 Å². The summed E-state index contributed by atoms with van der Waals surface area (Å²) in [5, 5.41) is 11.6. The van der Waals surface area contributed by atoms with Gasteiger partial charge in [-0.05, 0) is 41.8 Å². The number of benzene rings is 3. The second kappa shape index (κ2) is 10.9. The van der Waals surface area contributed by atoms with Crippen LogP contribution in [0, 0.1) is 6.92 Å². The molecule has 164 valence electrons. The molecule has 0 aromatic heterocycles. The summed E-state index contributed by atoms with van der Waals surface area (Å²) in [6.07, 6.45) is 0. The molecule has 0 atom stereocenters. The Hall–Kier alpha value is -3.97. The minimum Gasteiger partial charge on any atom is -0.350 e. The van der Waals surface area contributed by atoms with Crippen molar-refractivity contribution >= 4 is 17.7 Å². The van der Waals surface area contributed by atoms with Crippen LogP contribution in [0.3, 0.4) is 0 Å². The van der Waals surface area contributed by atoms with Crippen LogP contribution in [0.4, 0.5) is 0 Å². The standard InChI is InChI=1S/C25H25N3O4/c1-18-7-5-6-10-22(18)25(31)28(16-20-11-13-21(14-12-20)24(30)27-32)17-23(29)26-15-19-8-3-2-4-9-19/h2-14,32H,15-17H2,1H3,(H,26,29)(H,27,30). The Morgan fingerprint density at radius 1 is 0.844 bits per heavy atom. The van der Waals surface area contributed by atoms with Crippen molar-refractivity contribution in [1.29, 1.82) is 0 Å². The number of hydrogen-bond donors (Lipinski definition) is 3. The second-order valence-electron chi connectivity index (χ2n) is 7.38. The van der Waals surface area contributed by atoms with Crippen molar-refractivity contribution in [3.8, 4) is 0 Å². The quantitative estimate of drug-likeness (QED) is 0.377. The van der Waals surface area contributed by atoms with Crippen LogP contribution in [0.5, 0.6) is 0 Å². The Balaban J connectivity index is 1.76. The molecular weight excluding hydrogens is 406 g/mol. The first-order valence-electron chi connectivity index (χ1n) is 10.2. The zero-order valence-electron chi connectivity index (χ0n) is 17.7. The van der Waals surface area contributed by atoms with Gasteiger partial charge in [0.25, 0.3) is 11.8 Å². The van der Waals surface area contributed by atoms with Gasteiger partial charge in [-0.25, -0.2) is 5.48 Å². The molecule has 0 unspecified atom stereocenters. The summed E-state index contributed by atoms with van der Waals surface area (Å²) < 4.78 is 0. The van der Waals surface area contributed by atoms with E-state index in [0.29, 0.717) is 12.1 Å². The molecule has 7 nitrogen and oxygen atoms in total. The normalized spacial score (nSPS) is 10.3. The zero-order valence-corrected chi connectivity index (χ0v) is 17.7. The Morgan fingerprint density at radius 3 is 2.16 bits per heavy atom. The van der Waals surface area contributed by atoms with Crippen LogP contribution in [0.2, 0.25) is 0 Å². The summed E-state index contributed by atoms with van der Waals surface area (Å²) in [4.78, 5) is 38.9. The van der Waals surface area contributed by atoms with Gasteiger partial charge in [-0.3, -0.25) is 19.6 Å². The first-order valence-corrected chi connectivity index (χ1v) is 10.2. The molecule has 3 rings (SSSR count). The number of hydroxylamine groups is 1. The van der Waals surface area contributed by atoms with Gasteiger partial charge in [0.15, 0.2) is 0 Å². The number of rotatable bonds is 8. The molecule has 0 heterocycles. The number of aryl methyl sites for hydroxylation is 1. The highest BCUT2D eigenvalue weighted by Gasteiger charge is 2.21. The van der Waals surface area contributed by atoms with Gasteiger partial charge in [0.05, 0.1) is 0 Å². The second-order valence-corrected chi connectivity index (χ2v) is 7.38. The van der Waals surface area contributed by atoms with Crippen molar-refractivity contribution in [2.45, 2.75) is 20.0 Å². The third-order valence-electron chi connectivity index (χ3n) is 5.02. The maximum atomic E-state index is 13.3. The van der Waals surface area contributed by atoms with Gasteiger partial charge in [-0.2, -0.15) is 0 Å². The third kappa shape index (κ3) is 6.02. The molecule has 0 aliphatic rings. The van der Waals surface area contributed by atoms with E-state index in [1.54, 1.807) is 41.9 Å². The lowest BCUT2D eigenvalue weighted by Crippen LogP contribution is -2.40. The highest BCUT2D eigenvalue weighted by molar-refractivity contribution is 5.97. The maximum Gasteiger partial charge on any atom is 0.274 e. The predicted molar refractivity (Wildman–Crippen MR) is 120 cm³/mol. The van der Waals surface area contributed by atoms with Crippen LogP contribution >= 0.6 is 0 Å². The van der Waals surface area contributed by atoms with Crippen LogP contribution in [-0.2, 0) is 17.9 Å². The first kappa shape index (κ1) is 22.7. The highest BCUT2D eigenvalue weighted by Crippen LogP contribution is 2.14. The van der Waals surface area contributed by atoms with Gasteiger partial charge in [0, 0.05) is 24.2 Å². The molecule has 3 aromatic carbocycles. The Kier molecular flexibility index (Phi) is 7.72. The average molecular weight is 431 g/mol. The van der Waals surface area contributed by atoms with Gasteiger partial charge in [0.1, 0.15) is 6.54 Å². The lowest BCUT2D eigenvalue weighted by molar-refractivity contribution is -0.122. The SMILES string of the molecule is Cc1ccccc1C(=O)N(CC(=O)NCc1ccccc1)Cc1ccc(C(=O)NO)cc1. The molecule has 3 amide bonds. The van der Waals surface area contributed by atoms with Gasteiger partial charge in [0.2, 0.25) is 5.91 Å². The number of carbonyl (C=O) groups excluding carboxylic acids is 3.